The smallest absolute Gasteiger partial charge is 0.409 e. The first-order valence-corrected chi connectivity index (χ1v) is 10.6. The van der Waals surface area contributed by atoms with E-state index in [1.807, 2.05) is 55.5 Å². The highest BCUT2D eigenvalue weighted by Gasteiger charge is 2.31. The molecule has 2 aromatic rings. The van der Waals surface area contributed by atoms with Gasteiger partial charge in [-0.05, 0) is 30.9 Å². The minimum absolute atomic E-state index is 0.138. The summed E-state index contributed by atoms with van der Waals surface area (Å²) < 4.78 is 5.30. The molecule has 6 nitrogen and oxygen atoms in total. The first kappa shape index (κ1) is 20.1. The van der Waals surface area contributed by atoms with Gasteiger partial charge in [0.2, 0.25) is 6.17 Å². The van der Waals surface area contributed by atoms with Gasteiger partial charge in [0.25, 0.3) is 5.91 Å². The van der Waals surface area contributed by atoms with Crippen molar-refractivity contribution in [3.05, 3.63) is 65.2 Å². The normalized spacial score (nSPS) is 19.2. The largest absolute Gasteiger partial charge is 0.445 e. The molecule has 0 radical (unpaired) electrons. The Bertz CT molecular complexity index is 949. The molecule has 1 atom stereocenters. The monoisotopic (exact) mass is 405 g/mol. The predicted molar refractivity (Wildman–Crippen MR) is 116 cm³/mol. The number of aryl methyl sites for hydroxylation is 1. The van der Waals surface area contributed by atoms with Crippen molar-refractivity contribution in [2.45, 2.75) is 51.8 Å². The van der Waals surface area contributed by atoms with E-state index in [2.05, 4.69) is 10.6 Å². The molecule has 0 bridgehead atoms. The number of nitrogens with one attached hydrogen (secondary N) is 2. The second-order valence-corrected chi connectivity index (χ2v) is 7.94. The fraction of sp³-hybridized carbons (Fsp3) is 0.375. The van der Waals surface area contributed by atoms with Crippen LogP contribution < -0.4 is 10.6 Å². The van der Waals surface area contributed by atoms with E-state index < -0.39 is 12.3 Å². The molecule has 0 aromatic heterocycles. The van der Waals surface area contributed by atoms with Gasteiger partial charge in [0.1, 0.15) is 6.61 Å². The van der Waals surface area contributed by atoms with Crippen LogP contribution >= 0.6 is 0 Å². The summed E-state index contributed by atoms with van der Waals surface area (Å²) in [6.45, 7) is 2.11. The Kier molecular flexibility index (Phi) is 6.12. The number of rotatable bonds is 4. The highest BCUT2D eigenvalue weighted by Crippen LogP contribution is 2.33. The topological polar surface area (TPSA) is 79.8 Å². The second-order valence-electron chi connectivity index (χ2n) is 7.94. The summed E-state index contributed by atoms with van der Waals surface area (Å²) in [5, 5.41) is 5.61. The van der Waals surface area contributed by atoms with Crippen LogP contribution in [0.3, 0.4) is 0 Å². The van der Waals surface area contributed by atoms with Crippen molar-refractivity contribution in [1.29, 1.82) is 0 Å². The number of amides is 2. The van der Waals surface area contributed by atoms with Crippen LogP contribution in [0.25, 0.3) is 0 Å². The maximum Gasteiger partial charge on any atom is 0.409 e. The molecule has 2 aromatic carbocycles. The zero-order valence-electron chi connectivity index (χ0n) is 17.2. The molecule has 1 heterocycles. The minimum atomic E-state index is -1.02. The van der Waals surface area contributed by atoms with E-state index in [4.69, 9.17) is 9.73 Å². The van der Waals surface area contributed by atoms with Crippen molar-refractivity contribution in [1.82, 2.24) is 5.32 Å². The molecular weight excluding hydrogens is 378 g/mol. The Morgan fingerprint density at radius 3 is 2.63 bits per heavy atom. The highest BCUT2D eigenvalue weighted by molar-refractivity contribution is 6.13. The zero-order valence-corrected chi connectivity index (χ0v) is 17.2. The summed E-state index contributed by atoms with van der Waals surface area (Å²) in [6, 6.07) is 15.4. The summed E-state index contributed by atoms with van der Waals surface area (Å²) in [6.07, 6.45) is 3.96. The molecular formula is C24H27N3O3. The molecule has 6 heteroatoms. The summed E-state index contributed by atoms with van der Waals surface area (Å²) in [5.41, 5.74) is 4.51. The van der Waals surface area contributed by atoms with E-state index >= 15 is 0 Å². The van der Waals surface area contributed by atoms with Crippen LogP contribution in [0.1, 0.15) is 48.8 Å². The molecule has 1 fully saturated rings. The van der Waals surface area contributed by atoms with Crippen LogP contribution in [0, 0.1) is 12.8 Å². The van der Waals surface area contributed by atoms with Gasteiger partial charge in [0.15, 0.2) is 0 Å². The van der Waals surface area contributed by atoms with Crippen molar-refractivity contribution >= 4 is 23.4 Å². The quantitative estimate of drug-likeness (QED) is 0.782. The van der Waals surface area contributed by atoms with Crippen molar-refractivity contribution in [2.75, 3.05) is 5.32 Å². The van der Waals surface area contributed by atoms with Crippen LogP contribution in [-0.2, 0) is 16.1 Å². The first-order chi connectivity index (χ1) is 14.6. The van der Waals surface area contributed by atoms with Gasteiger partial charge in [-0.3, -0.25) is 15.1 Å². The van der Waals surface area contributed by atoms with Crippen LogP contribution in [-0.4, -0.2) is 23.9 Å². The van der Waals surface area contributed by atoms with E-state index in [9.17, 15) is 9.59 Å². The lowest BCUT2D eigenvalue weighted by molar-refractivity contribution is -0.117. The van der Waals surface area contributed by atoms with Crippen molar-refractivity contribution < 1.29 is 14.3 Å². The number of hydrogen-bond donors (Lipinski definition) is 2. The molecule has 2 amide bonds. The second kappa shape index (κ2) is 9.11. The SMILES string of the molecule is Cc1cccc2c1NC(=O)C(NC(=O)OCc1ccccc1)N=C2C1CCCCC1. The molecule has 0 saturated heterocycles. The van der Waals surface area contributed by atoms with E-state index in [0.717, 1.165) is 53.8 Å². The summed E-state index contributed by atoms with van der Waals surface area (Å²) in [7, 11) is 0. The van der Waals surface area contributed by atoms with Gasteiger partial charge in [-0.2, -0.15) is 0 Å². The molecule has 156 valence electrons. The summed E-state index contributed by atoms with van der Waals surface area (Å²) in [5.74, 6) is -0.0651. The molecule has 4 rings (SSSR count). The lowest BCUT2D eigenvalue weighted by Gasteiger charge is -2.24. The maximum absolute atomic E-state index is 12.9. The molecule has 1 saturated carbocycles. The zero-order chi connectivity index (χ0) is 20.9. The Labute approximate surface area is 176 Å². The number of anilines is 1. The highest BCUT2D eigenvalue weighted by atomic mass is 16.5. The fourth-order valence-corrected chi connectivity index (χ4v) is 4.18. The maximum atomic E-state index is 12.9. The Morgan fingerprint density at radius 2 is 1.87 bits per heavy atom. The van der Waals surface area contributed by atoms with Gasteiger partial charge >= 0.3 is 6.09 Å². The number of hydrogen-bond acceptors (Lipinski definition) is 4. The Balaban J connectivity index is 1.56. The number of para-hydroxylation sites is 1. The van der Waals surface area contributed by atoms with Gasteiger partial charge in [-0.1, -0.05) is 67.8 Å². The Morgan fingerprint density at radius 1 is 1.10 bits per heavy atom. The van der Waals surface area contributed by atoms with E-state index in [1.165, 1.54) is 6.42 Å². The number of alkyl carbamates (subject to hydrolysis) is 1. The van der Waals surface area contributed by atoms with E-state index in [-0.39, 0.29) is 18.4 Å². The number of carbonyl (C=O) groups is 2. The van der Waals surface area contributed by atoms with Crippen LogP contribution in [0.15, 0.2) is 53.5 Å². The molecule has 1 aliphatic carbocycles. The number of carbonyl (C=O) groups excluding carboxylic acids is 2. The molecule has 2 aliphatic rings. The molecule has 30 heavy (non-hydrogen) atoms. The first-order valence-electron chi connectivity index (χ1n) is 10.6. The van der Waals surface area contributed by atoms with Crippen molar-refractivity contribution in [2.24, 2.45) is 10.9 Å². The molecule has 0 spiro atoms. The Hall–Kier alpha value is -3.15. The number of benzodiazepines with no additional fused rings is 1. The van der Waals surface area contributed by atoms with Gasteiger partial charge in [0.05, 0.1) is 11.4 Å². The van der Waals surface area contributed by atoms with Crippen molar-refractivity contribution in [3.8, 4) is 0 Å². The van der Waals surface area contributed by atoms with Gasteiger partial charge in [-0.15, -0.1) is 0 Å². The van der Waals surface area contributed by atoms with Crippen molar-refractivity contribution in [3.63, 3.8) is 0 Å². The third-order valence-corrected chi connectivity index (χ3v) is 5.77. The molecule has 1 unspecified atom stereocenters. The van der Waals surface area contributed by atoms with Gasteiger partial charge in [-0.25, -0.2) is 4.79 Å². The van der Waals surface area contributed by atoms with Gasteiger partial charge in [0, 0.05) is 11.5 Å². The van der Waals surface area contributed by atoms with Crippen LogP contribution in [0.5, 0.6) is 0 Å². The van der Waals surface area contributed by atoms with E-state index in [0.29, 0.717) is 0 Å². The molecule has 2 N–H and O–H groups in total. The average Bonchev–Trinajstić information content (AvgIpc) is 2.91. The lowest BCUT2D eigenvalue weighted by atomic mass is 9.82. The summed E-state index contributed by atoms with van der Waals surface area (Å²) >= 11 is 0. The van der Waals surface area contributed by atoms with Gasteiger partial charge < -0.3 is 10.1 Å². The lowest BCUT2D eigenvalue weighted by Crippen LogP contribution is -2.42. The van der Waals surface area contributed by atoms with E-state index in [1.54, 1.807) is 0 Å². The average molecular weight is 405 g/mol. The number of nitrogens with zero attached hydrogens (tertiary/aromatic N) is 1. The van der Waals surface area contributed by atoms with Crippen LogP contribution in [0.4, 0.5) is 10.5 Å². The fourth-order valence-electron chi connectivity index (χ4n) is 4.18. The predicted octanol–water partition coefficient (Wildman–Crippen LogP) is 4.57. The number of aliphatic imine (C=N–C) groups is 1. The van der Waals surface area contributed by atoms with Crippen LogP contribution in [0.2, 0.25) is 0 Å². The number of benzene rings is 2. The minimum Gasteiger partial charge on any atom is -0.445 e. The molecule has 1 aliphatic heterocycles. The summed E-state index contributed by atoms with van der Waals surface area (Å²) in [4.78, 5) is 30.0. The number of ether oxygens (including phenoxy) is 1. The number of fused-ring (bicyclic) bond motifs is 1. The third-order valence-electron chi connectivity index (χ3n) is 5.77. The third kappa shape index (κ3) is 4.53. The standard InChI is InChI=1S/C24H27N3O3/c1-16-9-8-14-19-20(16)26-23(28)22(25-21(19)18-12-6-3-7-13-18)27-24(29)30-15-17-10-4-2-5-11-17/h2,4-5,8-11,14,18,22H,3,6-7,12-13,15H2,1H3,(H,26,28)(H,27,29).